The zero-order valence-corrected chi connectivity index (χ0v) is 13.0. The lowest BCUT2D eigenvalue weighted by Gasteiger charge is -2.43. The van der Waals surface area contributed by atoms with E-state index in [1.165, 1.54) is 18.6 Å². The molecule has 1 N–H and O–H groups in total. The average molecular weight is 300 g/mol. The molecule has 112 valence electrons. The van der Waals surface area contributed by atoms with Gasteiger partial charge in [-0.1, -0.05) is 30.9 Å². The predicted octanol–water partition coefficient (Wildman–Crippen LogP) is 4.48. The normalized spacial score (nSPS) is 19.8. The van der Waals surface area contributed by atoms with Gasteiger partial charge in [0.2, 0.25) is 0 Å². The first kappa shape index (κ1) is 15.7. The van der Waals surface area contributed by atoms with Crippen LogP contribution in [0, 0.1) is 5.82 Å². The van der Waals surface area contributed by atoms with Crippen LogP contribution >= 0.6 is 11.6 Å². The summed E-state index contributed by atoms with van der Waals surface area (Å²) >= 11 is 6.29. The summed E-state index contributed by atoms with van der Waals surface area (Å²) in [7, 11) is 1.89. The quantitative estimate of drug-likeness (QED) is 0.865. The standard InChI is InChI=1S/C16H23ClFNO/c1-3-20-16(9-5-4-6-10-16)15(19-2)13-11-12(18)7-8-14(13)17/h7-8,11,15,19H,3-6,9-10H2,1-2H3. The van der Waals surface area contributed by atoms with Crippen LogP contribution in [0.3, 0.4) is 0 Å². The average Bonchev–Trinajstić information content (AvgIpc) is 2.45. The summed E-state index contributed by atoms with van der Waals surface area (Å²) in [6, 6.07) is 4.47. The molecule has 2 rings (SSSR count). The fraction of sp³-hybridized carbons (Fsp3) is 0.625. The number of benzene rings is 1. The highest BCUT2D eigenvalue weighted by molar-refractivity contribution is 6.31. The largest absolute Gasteiger partial charge is 0.373 e. The minimum Gasteiger partial charge on any atom is -0.373 e. The number of halogens is 2. The van der Waals surface area contributed by atoms with Crippen molar-refractivity contribution in [3.8, 4) is 0 Å². The van der Waals surface area contributed by atoms with Crippen molar-refractivity contribution in [2.45, 2.75) is 50.7 Å². The third-order valence-electron chi connectivity index (χ3n) is 4.22. The maximum atomic E-state index is 13.6. The SMILES string of the molecule is CCOC1(C(NC)c2cc(F)ccc2Cl)CCCCC1. The Kier molecular flexibility index (Phi) is 5.42. The molecule has 0 radical (unpaired) electrons. The van der Waals surface area contributed by atoms with Gasteiger partial charge >= 0.3 is 0 Å². The summed E-state index contributed by atoms with van der Waals surface area (Å²) in [5.41, 5.74) is 0.517. The molecular formula is C16H23ClFNO. The van der Waals surface area contributed by atoms with E-state index < -0.39 is 0 Å². The highest BCUT2D eigenvalue weighted by Crippen LogP contribution is 2.43. The third kappa shape index (κ3) is 3.16. The molecule has 1 aliphatic rings. The number of hydrogen-bond donors (Lipinski definition) is 1. The molecule has 0 saturated heterocycles. The molecular weight excluding hydrogens is 277 g/mol. The van der Waals surface area contributed by atoms with Crippen molar-refractivity contribution in [1.29, 1.82) is 0 Å². The van der Waals surface area contributed by atoms with Crippen LogP contribution in [0.25, 0.3) is 0 Å². The molecule has 0 spiro atoms. The number of likely N-dealkylation sites (N-methyl/N-ethyl adjacent to an activating group) is 1. The van der Waals surface area contributed by atoms with Gasteiger partial charge in [0.05, 0.1) is 11.6 Å². The number of rotatable bonds is 5. The van der Waals surface area contributed by atoms with Crippen LogP contribution in [0.5, 0.6) is 0 Å². The molecule has 20 heavy (non-hydrogen) atoms. The van der Waals surface area contributed by atoms with E-state index in [-0.39, 0.29) is 17.5 Å². The van der Waals surface area contributed by atoms with Crippen molar-refractivity contribution in [2.75, 3.05) is 13.7 Å². The highest BCUT2D eigenvalue weighted by Gasteiger charge is 2.41. The predicted molar refractivity (Wildman–Crippen MR) is 80.7 cm³/mol. The van der Waals surface area contributed by atoms with Gasteiger partial charge in [-0.3, -0.25) is 0 Å². The van der Waals surface area contributed by atoms with Gasteiger partial charge in [-0.15, -0.1) is 0 Å². The fourth-order valence-electron chi connectivity index (χ4n) is 3.39. The first-order valence-electron chi connectivity index (χ1n) is 7.39. The summed E-state index contributed by atoms with van der Waals surface area (Å²) < 4.78 is 19.7. The minimum absolute atomic E-state index is 0.0778. The van der Waals surface area contributed by atoms with Crippen LogP contribution in [0.15, 0.2) is 18.2 Å². The number of ether oxygens (including phenoxy) is 1. The molecule has 1 unspecified atom stereocenters. The van der Waals surface area contributed by atoms with Crippen LogP contribution in [0.2, 0.25) is 5.02 Å². The Hall–Kier alpha value is -0.640. The van der Waals surface area contributed by atoms with E-state index in [0.717, 1.165) is 31.2 Å². The topological polar surface area (TPSA) is 21.3 Å². The van der Waals surface area contributed by atoms with Crippen molar-refractivity contribution in [3.05, 3.63) is 34.6 Å². The van der Waals surface area contributed by atoms with E-state index in [1.54, 1.807) is 6.07 Å². The lowest BCUT2D eigenvalue weighted by atomic mass is 9.76. The molecule has 0 bridgehead atoms. The number of hydrogen-bond acceptors (Lipinski definition) is 2. The summed E-state index contributed by atoms with van der Waals surface area (Å²) in [6.45, 7) is 2.67. The maximum Gasteiger partial charge on any atom is 0.123 e. The Morgan fingerprint density at radius 2 is 2.05 bits per heavy atom. The molecule has 0 amide bonds. The molecule has 4 heteroatoms. The van der Waals surface area contributed by atoms with Gasteiger partial charge < -0.3 is 10.1 Å². The van der Waals surface area contributed by atoms with Crippen molar-refractivity contribution in [1.82, 2.24) is 5.32 Å². The van der Waals surface area contributed by atoms with Crippen LogP contribution < -0.4 is 5.32 Å². The van der Waals surface area contributed by atoms with Crippen LogP contribution in [0.1, 0.15) is 50.6 Å². The Bertz CT molecular complexity index is 441. The minimum atomic E-state index is -0.279. The zero-order valence-electron chi connectivity index (χ0n) is 12.2. The Labute approximate surface area is 125 Å². The van der Waals surface area contributed by atoms with Gasteiger partial charge in [-0.25, -0.2) is 4.39 Å². The van der Waals surface area contributed by atoms with E-state index >= 15 is 0 Å². The molecule has 1 atom stereocenters. The Balaban J connectivity index is 2.39. The summed E-state index contributed by atoms with van der Waals surface area (Å²) in [6.07, 6.45) is 5.50. The molecule has 0 aromatic heterocycles. The Morgan fingerprint density at radius 1 is 1.35 bits per heavy atom. The van der Waals surface area contributed by atoms with E-state index in [1.807, 2.05) is 14.0 Å². The Morgan fingerprint density at radius 3 is 2.65 bits per heavy atom. The molecule has 1 aromatic rings. The molecule has 1 aliphatic carbocycles. The van der Waals surface area contributed by atoms with Gasteiger partial charge in [-0.2, -0.15) is 0 Å². The first-order valence-corrected chi connectivity index (χ1v) is 7.77. The second kappa shape index (κ2) is 6.88. The van der Waals surface area contributed by atoms with Crippen LogP contribution in [-0.2, 0) is 4.74 Å². The first-order chi connectivity index (χ1) is 9.63. The second-order valence-corrected chi connectivity index (χ2v) is 5.85. The molecule has 0 heterocycles. The molecule has 2 nitrogen and oxygen atoms in total. The van der Waals surface area contributed by atoms with E-state index in [0.29, 0.717) is 11.6 Å². The van der Waals surface area contributed by atoms with Gasteiger partial charge in [0, 0.05) is 11.6 Å². The van der Waals surface area contributed by atoms with Crippen LogP contribution in [0.4, 0.5) is 4.39 Å². The monoisotopic (exact) mass is 299 g/mol. The molecule has 0 aliphatic heterocycles. The van der Waals surface area contributed by atoms with Gasteiger partial charge in [0.15, 0.2) is 0 Å². The van der Waals surface area contributed by atoms with Gasteiger partial charge in [-0.05, 0) is 50.6 Å². The molecule has 1 saturated carbocycles. The van der Waals surface area contributed by atoms with Crippen LogP contribution in [-0.4, -0.2) is 19.3 Å². The number of nitrogens with one attached hydrogen (secondary N) is 1. The lowest BCUT2D eigenvalue weighted by molar-refractivity contribution is -0.0898. The van der Waals surface area contributed by atoms with Crippen molar-refractivity contribution >= 4 is 11.6 Å². The van der Waals surface area contributed by atoms with Gasteiger partial charge in [0.1, 0.15) is 5.82 Å². The maximum absolute atomic E-state index is 13.6. The smallest absolute Gasteiger partial charge is 0.123 e. The third-order valence-corrected chi connectivity index (χ3v) is 4.56. The summed E-state index contributed by atoms with van der Waals surface area (Å²) in [5.74, 6) is -0.257. The molecule has 1 aromatic carbocycles. The molecule has 1 fully saturated rings. The van der Waals surface area contributed by atoms with E-state index in [2.05, 4.69) is 5.32 Å². The fourth-order valence-corrected chi connectivity index (χ4v) is 3.62. The van der Waals surface area contributed by atoms with E-state index in [9.17, 15) is 4.39 Å². The van der Waals surface area contributed by atoms with E-state index in [4.69, 9.17) is 16.3 Å². The highest BCUT2D eigenvalue weighted by atomic mass is 35.5. The zero-order chi connectivity index (χ0) is 14.6. The lowest BCUT2D eigenvalue weighted by Crippen LogP contribution is -2.46. The van der Waals surface area contributed by atoms with Crippen molar-refractivity contribution in [3.63, 3.8) is 0 Å². The van der Waals surface area contributed by atoms with Crippen molar-refractivity contribution < 1.29 is 9.13 Å². The summed E-state index contributed by atoms with van der Waals surface area (Å²) in [5, 5.41) is 3.90. The van der Waals surface area contributed by atoms with Gasteiger partial charge in [0.25, 0.3) is 0 Å². The van der Waals surface area contributed by atoms with Crippen molar-refractivity contribution in [2.24, 2.45) is 0 Å². The summed E-state index contributed by atoms with van der Waals surface area (Å²) in [4.78, 5) is 0. The second-order valence-electron chi connectivity index (χ2n) is 5.45.